The van der Waals surface area contributed by atoms with Gasteiger partial charge in [-0.2, -0.15) is 0 Å². The Kier molecular flexibility index (Phi) is 6.84. The summed E-state index contributed by atoms with van der Waals surface area (Å²) in [7, 11) is 0. The van der Waals surface area contributed by atoms with Crippen molar-refractivity contribution in [2.45, 2.75) is 0 Å². The normalized spacial score (nSPS) is 10.2. The number of nitrogens with zero attached hydrogens (tertiary/aromatic N) is 4. The van der Waals surface area contributed by atoms with Crippen LogP contribution in [0.1, 0.15) is 0 Å². The first-order valence-electron chi connectivity index (χ1n) is 10.0. The third kappa shape index (κ3) is 4.66. The molecule has 3 heterocycles. The fourth-order valence-corrected chi connectivity index (χ4v) is 3.38. The Hall–Kier alpha value is -3.62. The largest absolute Gasteiger partial charge is 2.00 e. The van der Waals surface area contributed by atoms with Crippen molar-refractivity contribution < 1.29 is 21.1 Å². The van der Waals surface area contributed by atoms with E-state index in [9.17, 15) is 0 Å². The molecular weight excluding hydrogens is 575 g/mol. The van der Waals surface area contributed by atoms with Crippen molar-refractivity contribution in [3.63, 3.8) is 0 Å². The van der Waals surface area contributed by atoms with Gasteiger partial charge >= 0.3 is 21.1 Å². The second-order valence-corrected chi connectivity index (χ2v) is 6.91. The van der Waals surface area contributed by atoms with Gasteiger partial charge in [0, 0.05) is 12.4 Å². The molecule has 0 bridgehead atoms. The van der Waals surface area contributed by atoms with Crippen LogP contribution in [0.3, 0.4) is 0 Å². The van der Waals surface area contributed by atoms with E-state index in [4.69, 9.17) is 0 Å². The van der Waals surface area contributed by atoms with Crippen LogP contribution < -0.4 is 4.98 Å². The van der Waals surface area contributed by atoms with E-state index in [2.05, 4.69) is 44.2 Å². The topological polar surface area (TPSA) is 52.8 Å². The maximum absolute atomic E-state index is 4.64. The molecule has 6 rings (SSSR count). The number of imidazole rings is 1. The maximum atomic E-state index is 4.64. The summed E-state index contributed by atoms with van der Waals surface area (Å²) in [5.41, 5.74) is 4.68. The second kappa shape index (κ2) is 10.1. The minimum Gasteiger partial charge on any atom is -0.434 e. The second-order valence-electron chi connectivity index (χ2n) is 6.91. The number of rotatable bonds is 2. The molecular formula is C27H18N4Pt. The van der Waals surface area contributed by atoms with Gasteiger partial charge in [-0.15, -0.1) is 35.9 Å². The first kappa shape index (κ1) is 21.6. The van der Waals surface area contributed by atoms with Crippen molar-refractivity contribution in [3.8, 4) is 22.8 Å². The summed E-state index contributed by atoms with van der Waals surface area (Å²) in [4.78, 5) is 17.7. The van der Waals surface area contributed by atoms with Gasteiger partial charge in [-0.25, -0.2) is 0 Å². The number of hydrogen-bond donors (Lipinski definition) is 0. The van der Waals surface area contributed by atoms with Crippen LogP contribution in [0, 0.1) is 6.07 Å². The van der Waals surface area contributed by atoms with Crippen LogP contribution in [0.2, 0.25) is 0 Å². The Morgan fingerprint density at radius 1 is 0.656 bits per heavy atom. The fourth-order valence-electron chi connectivity index (χ4n) is 3.38. The van der Waals surface area contributed by atoms with Crippen molar-refractivity contribution in [3.05, 3.63) is 116 Å². The Morgan fingerprint density at radius 2 is 1.38 bits per heavy atom. The van der Waals surface area contributed by atoms with E-state index < -0.39 is 0 Å². The van der Waals surface area contributed by atoms with Crippen LogP contribution >= 0.6 is 0 Å². The van der Waals surface area contributed by atoms with Crippen molar-refractivity contribution in [2.24, 2.45) is 0 Å². The van der Waals surface area contributed by atoms with Gasteiger partial charge in [-0.3, -0.25) is 4.98 Å². The molecule has 0 aliphatic carbocycles. The molecule has 156 valence electrons. The third-order valence-electron chi connectivity index (χ3n) is 4.87. The van der Waals surface area contributed by atoms with Crippen LogP contribution in [0.4, 0.5) is 0 Å². The maximum Gasteiger partial charge on any atom is 2.00 e. The minimum atomic E-state index is 0. The molecule has 0 amide bonds. The summed E-state index contributed by atoms with van der Waals surface area (Å²) in [6.07, 6.45) is 3.55. The average molecular weight is 594 g/mol. The molecule has 0 aliphatic heterocycles. The number of hydrogen-bond acceptors (Lipinski definition) is 3. The summed E-state index contributed by atoms with van der Waals surface area (Å²) in [6, 6.07) is 34.9. The van der Waals surface area contributed by atoms with Crippen LogP contribution in [0.5, 0.6) is 0 Å². The van der Waals surface area contributed by atoms with E-state index in [1.165, 1.54) is 5.39 Å². The molecule has 6 aromatic rings. The predicted octanol–water partition coefficient (Wildman–Crippen LogP) is 5.95. The van der Waals surface area contributed by atoms with Crippen LogP contribution in [-0.4, -0.2) is 15.0 Å². The van der Waals surface area contributed by atoms with E-state index in [1.54, 1.807) is 12.4 Å². The molecule has 3 aromatic heterocycles. The Labute approximate surface area is 200 Å². The van der Waals surface area contributed by atoms with Gasteiger partial charge in [0.05, 0.1) is 5.69 Å². The molecule has 32 heavy (non-hydrogen) atoms. The zero-order valence-corrected chi connectivity index (χ0v) is 19.3. The quantitative estimate of drug-likeness (QED) is 0.233. The monoisotopic (exact) mass is 593 g/mol. The first-order valence-corrected chi connectivity index (χ1v) is 10.0. The van der Waals surface area contributed by atoms with E-state index in [-0.39, 0.29) is 21.1 Å². The van der Waals surface area contributed by atoms with Crippen LogP contribution in [-0.2, 0) is 21.1 Å². The zero-order chi connectivity index (χ0) is 20.9. The summed E-state index contributed by atoms with van der Waals surface area (Å²) < 4.78 is 0. The SMILES string of the molecule is [Pt+2].[c-]1ccccc1-c1ccccn1.c1ccc(-c2nc3c(ccc4ccccc43)[n-]2)nc1. The van der Waals surface area contributed by atoms with Crippen molar-refractivity contribution in [1.29, 1.82) is 0 Å². The Morgan fingerprint density at radius 3 is 2.09 bits per heavy atom. The average Bonchev–Trinajstić information content (AvgIpc) is 3.31. The van der Waals surface area contributed by atoms with Gasteiger partial charge in [-0.1, -0.05) is 54.6 Å². The Bertz CT molecular complexity index is 1380. The molecule has 0 aliphatic rings. The van der Waals surface area contributed by atoms with Crippen LogP contribution in [0.15, 0.2) is 109 Å². The molecule has 4 nitrogen and oxygen atoms in total. The summed E-state index contributed by atoms with van der Waals surface area (Å²) in [6.45, 7) is 0. The molecule has 5 heteroatoms. The molecule has 0 fully saturated rings. The van der Waals surface area contributed by atoms with E-state index >= 15 is 0 Å². The summed E-state index contributed by atoms with van der Waals surface area (Å²) in [5, 5.41) is 2.32. The molecule has 0 N–H and O–H groups in total. The molecule has 0 unspecified atom stereocenters. The number of aromatic nitrogens is 4. The molecule has 0 saturated heterocycles. The number of benzene rings is 3. The summed E-state index contributed by atoms with van der Waals surface area (Å²) >= 11 is 0. The van der Waals surface area contributed by atoms with Crippen LogP contribution in [0.25, 0.3) is 44.6 Å². The van der Waals surface area contributed by atoms with Crippen molar-refractivity contribution >= 4 is 21.8 Å². The fraction of sp³-hybridized carbons (Fsp3) is 0. The zero-order valence-electron chi connectivity index (χ0n) is 17.0. The van der Waals surface area contributed by atoms with E-state index in [0.717, 1.165) is 33.4 Å². The van der Waals surface area contributed by atoms with E-state index in [1.807, 2.05) is 78.9 Å². The van der Waals surface area contributed by atoms with Gasteiger partial charge in [0.1, 0.15) is 0 Å². The molecule has 0 atom stereocenters. The van der Waals surface area contributed by atoms with Crippen molar-refractivity contribution in [1.82, 2.24) is 19.9 Å². The van der Waals surface area contributed by atoms with Gasteiger partial charge in [-0.05, 0) is 51.5 Å². The molecule has 3 aromatic carbocycles. The molecule has 0 spiro atoms. The first-order chi connectivity index (χ1) is 15.4. The third-order valence-corrected chi connectivity index (χ3v) is 4.87. The van der Waals surface area contributed by atoms with Gasteiger partial charge in [0.25, 0.3) is 0 Å². The van der Waals surface area contributed by atoms with Gasteiger partial charge in [0.2, 0.25) is 0 Å². The van der Waals surface area contributed by atoms with Gasteiger partial charge in [0.15, 0.2) is 0 Å². The number of pyridine rings is 2. The van der Waals surface area contributed by atoms with Gasteiger partial charge < -0.3 is 15.0 Å². The standard InChI is InChI=1S/C16H10N3.C11H8N.Pt/c1-2-6-12-11(5-1)8-9-13-15(12)19-16(18-13)14-7-3-4-10-17-14;1-2-6-10(7-3-1)11-8-4-5-9-12-11;/h1-10H;1-6,8-9H;/q2*-1;+2. The predicted molar refractivity (Wildman–Crippen MR) is 124 cm³/mol. The molecule has 0 radical (unpaired) electrons. The van der Waals surface area contributed by atoms with Crippen molar-refractivity contribution in [2.75, 3.05) is 0 Å². The van der Waals surface area contributed by atoms with E-state index in [0.29, 0.717) is 5.82 Å². The molecule has 0 saturated carbocycles. The summed E-state index contributed by atoms with van der Waals surface area (Å²) in [5.74, 6) is 0.687. The minimum absolute atomic E-state index is 0. The smallest absolute Gasteiger partial charge is 0.434 e. The number of fused-ring (bicyclic) bond motifs is 3. The Balaban J connectivity index is 0.000000164.